The Balaban J connectivity index is 1.31. The summed E-state index contributed by atoms with van der Waals surface area (Å²) in [4.78, 5) is 20.2. The molecule has 4 aromatic rings. The van der Waals surface area contributed by atoms with Crippen LogP contribution in [0.15, 0.2) is 42.7 Å². The van der Waals surface area contributed by atoms with Gasteiger partial charge in [-0.1, -0.05) is 6.07 Å². The number of ether oxygens (including phenoxy) is 1. The molecule has 2 aromatic carbocycles. The zero-order valence-corrected chi connectivity index (χ0v) is 18.3. The molecular formula is C24H19F3N6O2. The first kappa shape index (κ1) is 20.5. The van der Waals surface area contributed by atoms with Crippen LogP contribution in [0.3, 0.4) is 0 Å². The molecular weight excluding hydrogens is 461 g/mol. The molecule has 1 unspecified atom stereocenters. The third kappa shape index (κ3) is 2.80. The van der Waals surface area contributed by atoms with Crippen LogP contribution in [-0.2, 0) is 6.18 Å². The number of rotatable bonds is 3. The van der Waals surface area contributed by atoms with Gasteiger partial charge in [-0.15, -0.1) is 10.2 Å². The Morgan fingerprint density at radius 2 is 1.97 bits per heavy atom. The van der Waals surface area contributed by atoms with Crippen LogP contribution in [0.4, 0.5) is 19.0 Å². The second-order valence-electron chi connectivity index (χ2n) is 9.68. The van der Waals surface area contributed by atoms with Gasteiger partial charge in [-0.05, 0) is 55.5 Å². The summed E-state index contributed by atoms with van der Waals surface area (Å²) < 4.78 is 47.0. The third-order valence-corrected chi connectivity index (χ3v) is 7.64. The molecule has 35 heavy (non-hydrogen) atoms. The number of anilines is 1. The van der Waals surface area contributed by atoms with Crippen molar-refractivity contribution in [2.75, 3.05) is 12.3 Å². The minimum atomic E-state index is -4.46. The van der Waals surface area contributed by atoms with Crippen molar-refractivity contribution < 1.29 is 22.7 Å². The molecule has 0 radical (unpaired) electrons. The predicted molar refractivity (Wildman–Crippen MR) is 119 cm³/mol. The Bertz CT molecular complexity index is 1530. The fourth-order valence-electron chi connectivity index (χ4n) is 5.85. The minimum Gasteiger partial charge on any atom is -0.491 e. The quantitative estimate of drug-likeness (QED) is 0.476. The first-order valence-electron chi connectivity index (χ1n) is 11.3. The van der Waals surface area contributed by atoms with E-state index < -0.39 is 17.8 Å². The number of carbonyl (C=O) groups is 1. The molecule has 0 saturated heterocycles. The number of nitrogen functional groups attached to an aromatic ring is 1. The van der Waals surface area contributed by atoms with Gasteiger partial charge in [-0.25, -0.2) is 4.98 Å². The van der Waals surface area contributed by atoms with E-state index in [-0.39, 0.29) is 29.6 Å². The topological polar surface area (TPSA) is 98.6 Å². The van der Waals surface area contributed by atoms with Crippen molar-refractivity contribution in [3.63, 3.8) is 0 Å². The lowest BCUT2D eigenvalue weighted by Crippen LogP contribution is -2.70. The summed E-state index contributed by atoms with van der Waals surface area (Å²) in [5.41, 5.74) is 7.60. The van der Waals surface area contributed by atoms with Crippen LogP contribution in [0.25, 0.3) is 16.7 Å². The Kier molecular flexibility index (Phi) is 3.87. The van der Waals surface area contributed by atoms with E-state index in [1.165, 1.54) is 12.4 Å². The Morgan fingerprint density at radius 3 is 2.69 bits per heavy atom. The summed E-state index contributed by atoms with van der Waals surface area (Å²) in [6.45, 7) is 0.121. The van der Waals surface area contributed by atoms with Crippen molar-refractivity contribution in [3.05, 3.63) is 59.4 Å². The maximum absolute atomic E-state index is 14.0. The number of aromatic nitrogens is 4. The molecule has 2 N–H and O–H groups in total. The number of halogens is 3. The zero-order chi connectivity index (χ0) is 24.1. The smallest absolute Gasteiger partial charge is 0.416 e. The fourth-order valence-corrected chi connectivity index (χ4v) is 5.85. The molecule has 8 rings (SSSR count). The number of nitrogens with two attached hydrogens (primary N) is 1. The third-order valence-electron chi connectivity index (χ3n) is 7.64. The summed E-state index contributed by atoms with van der Waals surface area (Å²) in [6, 6.07) is 8.23. The van der Waals surface area contributed by atoms with E-state index in [1.54, 1.807) is 22.6 Å². The molecule has 4 aliphatic rings. The molecule has 3 heterocycles. The van der Waals surface area contributed by atoms with Crippen LogP contribution in [0.2, 0.25) is 0 Å². The molecule has 178 valence electrons. The number of amides is 1. The fraction of sp³-hybridized carbons (Fsp3) is 0.333. The van der Waals surface area contributed by atoms with Gasteiger partial charge in [0.25, 0.3) is 5.91 Å². The summed E-state index contributed by atoms with van der Waals surface area (Å²) >= 11 is 0. The second-order valence-corrected chi connectivity index (χ2v) is 9.68. The molecule has 8 nitrogen and oxygen atoms in total. The van der Waals surface area contributed by atoms with Crippen molar-refractivity contribution in [1.82, 2.24) is 24.5 Å². The van der Waals surface area contributed by atoms with Crippen LogP contribution >= 0.6 is 0 Å². The molecule has 2 bridgehead atoms. The highest BCUT2D eigenvalue weighted by Crippen LogP contribution is 2.63. The number of alkyl halides is 3. The molecule has 2 aromatic heterocycles. The number of nitrogens with zero attached hydrogens (tertiary/aromatic N) is 5. The number of fused-ring (bicyclic) bond motifs is 4. The van der Waals surface area contributed by atoms with Gasteiger partial charge in [-0.3, -0.25) is 9.20 Å². The molecule has 11 heteroatoms. The maximum Gasteiger partial charge on any atom is 0.416 e. The predicted octanol–water partition coefficient (Wildman–Crippen LogP) is 4.01. The van der Waals surface area contributed by atoms with Crippen molar-refractivity contribution in [2.45, 2.75) is 37.0 Å². The van der Waals surface area contributed by atoms with Crippen molar-refractivity contribution in [2.24, 2.45) is 5.92 Å². The zero-order valence-electron chi connectivity index (χ0n) is 18.3. The van der Waals surface area contributed by atoms with Gasteiger partial charge >= 0.3 is 6.18 Å². The average Bonchev–Trinajstić information content (AvgIpc) is 3.41. The minimum absolute atomic E-state index is 0.121. The second kappa shape index (κ2) is 6.61. The first-order chi connectivity index (χ1) is 16.7. The Hall–Kier alpha value is -3.89. The molecule has 3 aliphatic carbocycles. The maximum atomic E-state index is 14.0. The van der Waals surface area contributed by atoms with E-state index in [1.807, 2.05) is 4.90 Å². The van der Waals surface area contributed by atoms with E-state index in [0.29, 0.717) is 33.7 Å². The van der Waals surface area contributed by atoms with Gasteiger partial charge in [0.2, 0.25) is 5.65 Å². The van der Waals surface area contributed by atoms with Gasteiger partial charge in [-0.2, -0.15) is 13.2 Å². The highest BCUT2D eigenvalue weighted by Gasteiger charge is 2.63. The summed E-state index contributed by atoms with van der Waals surface area (Å²) in [6.07, 6.45) is -0.260. The highest BCUT2D eigenvalue weighted by molar-refractivity contribution is 5.99. The molecule has 1 atom stereocenters. The van der Waals surface area contributed by atoms with Crippen LogP contribution in [0.5, 0.6) is 5.75 Å². The van der Waals surface area contributed by atoms with E-state index >= 15 is 0 Å². The van der Waals surface area contributed by atoms with Crippen molar-refractivity contribution in [1.29, 1.82) is 0 Å². The number of hydrogen-bond acceptors (Lipinski definition) is 6. The Morgan fingerprint density at radius 1 is 1.17 bits per heavy atom. The standard InChI is InChI=1S/C24H19F3N6O2/c25-24(26,27)14-2-3-15-18(10-35-19(15)6-14)33(23-7-12(8-23)9-23)22(34)13-1-4-16-17(5-13)32-11-29-31-21(32)20(28)30-16/h1-6,11-12,18H,7-10H2,(H2,28,30). The first-order valence-corrected chi connectivity index (χ1v) is 11.3. The summed E-state index contributed by atoms with van der Waals surface area (Å²) in [5.74, 6) is 0.825. The highest BCUT2D eigenvalue weighted by atomic mass is 19.4. The average molecular weight is 480 g/mol. The van der Waals surface area contributed by atoms with E-state index in [0.717, 1.165) is 31.4 Å². The van der Waals surface area contributed by atoms with E-state index in [9.17, 15) is 18.0 Å². The van der Waals surface area contributed by atoms with Gasteiger partial charge < -0.3 is 15.4 Å². The van der Waals surface area contributed by atoms with E-state index in [4.69, 9.17) is 10.5 Å². The van der Waals surface area contributed by atoms with Crippen LogP contribution in [0, 0.1) is 5.92 Å². The van der Waals surface area contributed by atoms with Gasteiger partial charge in [0.05, 0.1) is 22.6 Å². The molecule has 3 fully saturated rings. The van der Waals surface area contributed by atoms with Crippen LogP contribution in [0.1, 0.15) is 46.8 Å². The van der Waals surface area contributed by atoms with Crippen molar-refractivity contribution >= 4 is 28.4 Å². The number of hydrogen-bond donors (Lipinski definition) is 1. The van der Waals surface area contributed by atoms with E-state index in [2.05, 4.69) is 15.2 Å². The molecule has 1 amide bonds. The number of carbonyl (C=O) groups excluding carboxylic acids is 1. The SMILES string of the molecule is Nc1nc2ccc(C(=O)N(C3COc4cc(C(F)(F)F)ccc43)C34CC(C3)C4)cc2n2cnnc12. The monoisotopic (exact) mass is 480 g/mol. The number of benzene rings is 2. The lowest BCUT2D eigenvalue weighted by Gasteiger charge is -2.67. The lowest BCUT2D eigenvalue weighted by molar-refractivity contribution is -0.140. The molecule has 1 aliphatic heterocycles. The van der Waals surface area contributed by atoms with Gasteiger partial charge in [0.1, 0.15) is 18.7 Å². The van der Waals surface area contributed by atoms with Gasteiger partial charge in [0, 0.05) is 16.7 Å². The Labute approximate surface area is 196 Å². The molecule has 0 spiro atoms. The van der Waals surface area contributed by atoms with Gasteiger partial charge in [0.15, 0.2) is 5.82 Å². The van der Waals surface area contributed by atoms with Crippen LogP contribution in [-0.4, -0.2) is 42.5 Å². The largest absolute Gasteiger partial charge is 0.491 e. The normalized spacial score (nSPS) is 24.5. The summed E-state index contributed by atoms with van der Waals surface area (Å²) in [5, 5.41) is 7.90. The van der Waals surface area contributed by atoms with Crippen LogP contribution < -0.4 is 10.5 Å². The lowest BCUT2D eigenvalue weighted by atomic mass is 9.48. The summed E-state index contributed by atoms with van der Waals surface area (Å²) in [7, 11) is 0. The van der Waals surface area contributed by atoms with Crippen molar-refractivity contribution in [3.8, 4) is 5.75 Å². The molecule has 3 saturated carbocycles.